The zero-order chi connectivity index (χ0) is 40.6. The van der Waals surface area contributed by atoms with Crippen LogP contribution in [0.3, 0.4) is 0 Å². The Hall–Kier alpha value is -5.96. The maximum absolute atomic E-state index is 12.8. The molecule has 5 rings (SSSR count). The molecule has 0 aliphatic carbocycles. The first-order valence-electron chi connectivity index (χ1n) is 20.8. The fourth-order valence-corrected chi connectivity index (χ4v) is 6.08. The summed E-state index contributed by atoms with van der Waals surface area (Å²) >= 11 is 0. The third-order valence-corrected chi connectivity index (χ3v) is 9.52. The monoisotopic (exact) mass is 783 g/mol. The molecule has 9 nitrogen and oxygen atoms in total. The van der Waals surface area contributed by atoms with Crippen LogP contribution in [0.5, 0.6) is 17.2 Å². The van der Waals surface area contributed by atoms with Crippen molar-refractivity contribution < 1.29 is 28.5 Å². The van der Waals surface area contributed by atoms with Crippen molar-refractivity contribution in [3.05, 3.63) is 138 Å². The predicted octanol–water partition coefficient (Wildman–Crippen LogP) is 13.9. The summed E-state index contributed by atoms with van der Waals surface area (Å²) in [6, 6.07) is 36.1. The zero-order valence-electron chi connectivity index (χ0n) is 34.0. The molecule has 0 atom stereocenters. The van der Waals surface area contributed by atoms with E-state index in [1.807, 2.05) is 60.7 Å². The number of esters is 2. The molecule has 0 aliphatic rings. The van der Waals surface area contributed by atoms with E-state index in [0.717, 1.165) is 47.9 Å². The summed E-state index contributed by atoms with van der Waals surface area (Å²) in [6.07, 6.45) is 14.8. The number of carbonyl (C=O) groups excluding carboxylic acids is 2. The van der Waals surface area contributed by atoms with Gasteiger partial charge in [-0.25, -0.2) is 9.59 Å². The molecule has 0 aliphatic heterocycles. The Kier molecular flexibility index (Phi) is 18.3. The number of hydrogen-bond acceptors (Lipinski definition) is 9. The lowest BCUT2D eigenvalue weighted by Crippen LogP contribution is -2.08. The molecule has 9 heteroatoms. The van der Waals surface area contributed by atoms with Crippen molar-refractivity contribution in [3.8, 4) is 17.2 Å². The van der Waals surface area contributed by atoms with Crippen LogP contribution in [0.1, 0.15) is 117 Å². The van der Waals surface area contributed by atoms with Crippen molar-refractivity contribution in [2.24, 2.45) is 10.2 Å². The van der Waals surface area contributed by atoms with Gasteiger partial charge in [0.25, 0.3) is 0 Å². The molecular weight excluding hydrogens is 727 g/mol. The highest BCUT2D eigenvalue weighted by Crippen LogP contribution is 2.24. The largest absolute Gasteiger partial charge is 0.494 e. The normalized spacial score (nSPS) is 11.0. The van der Waals surface area contributed by atoms with Gasteiger partial charge in [0.1, 0.15) is 23.9 Å². The minimum Gasteiger partial charge on any atom is -0.494 e. The van der Waals surface area contributed by atoms with Crippen molar-refractivity contribution in [1.82, 2.24) is 0 Å². The SMILES string of the molecule is CCCCCCCCOc1ccc(/N=N/c2ccc(C(=O)OCc3ccc(OC(=O)c4ccc(Nc5ccc(OCCCCCCCC)cc5)cc4)cc3)cc2)cc1. The first-order chi connectivity index (χ1) is 28.5. The number of rotatable bonds is 25. The smallest absolute Gasteiger partial charge is 0.343 e. The first kappa shape index (κ1) is 43.2. The summed E-state index contributed by atoms with van der Waals surface area (Å²) in [6.45, 7) is 5.97. The minimum absolute atomic E-state index is 0.0661. The van der Waals surface area contributed by atoms with Crippen molar-refractivity contribution in [1.29, 1.82) is 0 Å². The van der Waals surface area contributed by atoms with Crippen LogP contribution in [-0.4, -0.2) is 25.2 Å². The van der Waals surface area contributed by atoms with Gasteiger partial charge in [-0.15, -0.1) is 0 Å². The number of anilines is 2. The van der Waals surface area contributed by atoms with Crippen molar-refractivity contribution in [2.45, 2.75) is 97.5 Å². The van der Waals surface area contributed by atoms with E-state index >= 15 is 0 Å². The number of benzene rings is 5. The molecule has 0 unspecified atom stereocenters. The standard InChI is InChI=1S/C49H57N3O6/c1-3-5-7-9-11-13-35-55-45-31-25-42(26-32-45)50-41-21-17-40(18-22-41)49(54)58-47-29-15-38(16-30-47)37-57-48(53)39-19-23-43(24-20-39)51-52-44-27-33-46(34-28-44)56-36-14-12-10-8-6-4-2/h15-34,50H,3-14,35-37H2,1-2H3/b52-51+. The van der Waals surface area contributed by atoms with Gasteiger partial charge in [0.2, 0.25) is 0 Å². The van der Waals surface area contributed by atoms with Gasteiger partial charge in [-0.3, -0.25) is 0 Å². The second-order valence-corrected chi connectivity index (χ2v) is 14.3. The number of nitrogens with one attached hydrogen (secondary N) is 1. The van der Waals surface area contributed by atoms with Crippen molar-refractivity contribution in [2.75, 3.05) is 18.5 Å². The molecule has 304 valence electrons. The number of nitrogens with zero attached hydrogens (tertiary/aromatic N) is 2. The molecule has 0 aromatic heterocycles. The van der Waals surface area contributed by atoms with E-state index in [9.17, 15) is 9.59 Å². The van der Waals surface area contributed by atoms with Crippen LogP contribution in [-0.2, 0) is 11.3 Å². The summed E-state index contributed by atoms with van der Waals surface area (Å²) in [5.74, 6) is 1.14. The van der Waals surface area contributed by atoms with Crippen LogP contribution in [0.4, 0.5) is 22.7 Å². The Morgan fingerprint density at radius 3 is 1.41 bits per heavy atom. The Balaban J connectivity index is 0.985. The highest BCUT2D eigenvalue weighted by atomic mass is 16.5. The van der Waals surface area contributed by atoms with E-state index in [1.54, 1.807) is 60.7 Å². The summed E-state index contributed by atoms with van der Waals surface area (Å²) in [4.78, 5) is 25.5. The molecule has 0 amide bonds. The highest BCUT2D eigenvalue weighted by molar-refractivity contribution is 5.91. The van der Waals surface area contributed by atoms with Gasteiger partial charge in [0.15, 0.2) is 0 Å². The predicted molar refractivity (Wildman–Crippen MR) is 231 cm³/mol. The molecule has 1 N–H and O–H groups in total. The molecule has 0 bridgehead atoms. The number of hydrogen-bond donors (Lipinski definition) is 1. The summed E-state index contributed by atoms with van der Waals surface area (Å²) < 4.78 is 22.8. The quantitative estimate of drug-likeness (QED) is 0.0272. The van der Waals surface area contributed by atoms with E-state index in [1.165, 1.54) is 64.2 Å². The molecule has 5 aromatic rings. The lowest BCUT2D eigenvalue weighted by Gasteiger charge is -2.10. The fraction of sp³-hybridized carbons (Fsp3) is 0.347. The first-order valence-corrected chi connectivity index (χ1v) is 20.8. The second-order valence-electron chi connectivity index (χ2n) is 14.3. The molecule has 0 spiro atoms. The van der Waals surface area contributed by atoms with Crippen LogP contribution < -0.4 is 19.5 Å². The molecular formula is C49H57N3O6. The van der Waals surface area contributed by atoms with Gasteiger partial charge in [-0.1, -0.05) is 90.2 Å². The van der Waals surface area contributed by atoms with Gasteiger partial charge in [-0.05, 0) is 128 Å². The Bertz CT molecular complexity index is 1960. The molecule has 0 fully saturated rings. The molecule has 0 heterocycles. The molecule has 5 aromatic carbocycles. The number of azo groups is 1. The van der Waals surface area contributed by atoms with Crippen molar-refractivity contribution >= 4 is 34.7 Å². The highest BCUT2D eigenvalue weighted by Gasteiger charge is 2.11. The van der Waals surface area contributed by atoms with E-state index in [4.69, 9.17) is 18.9 Å². The minimum atomic E-state index is -0.470. The van der Waals surface area contributed by atoms with E-state index in [0.29, 0.717) is 34.9 Å². The second kappa shape index (κ2) is 24.6. The van der Waals surface area contributed by atoms with Crippen LogP contribution >= 0.6 is 0 Å². The molecule has 0 saturated carbocycles. The van der Waals surface area contributed by atoms with Crippen LogP contribution in [0.15, 0.2) is 132 Å². The Morgan fingerprint density at radius 1 is 0.466 bits per heavy atom. The third kappa shape index (κ3) is 15.5. The van der Waals surface area contributed by atoms with Gasteiger partial charge in [0.05, 0.1) is 35.7 Å². The van der Waals surface area contributed by atoms with Gasteiger partial charge < -0.3 is 24.3 Å². The third-order valence-electron chi connectivity index (χ3n) is 9.52. The molecule has 0 radical (unpaired) electrons. The summed E-state index contributed by atoms with van der Waals surface area (Å²) in [5.41, 5.74) is 4.67. The summed E-state index contributed by atoms with van der Waals surface area (Å²) in [5, 5.41) is 11.9. The molecule has 0 saturated heterocycles. The van der Waals surface area contributed by atoms with Crippen LogP contribution in [0.25, 0.3) is 0 Å². The number of unbranched alkanes of at least 4 members (excludes halogenated alkanes) is 10. The lowest BCUT2D eigenvalue weighted by atomic mass is 10.1. The number of ether oxygens (including phenoxy) is 4. The van der Waals surface area contributed by atoms with E-state index in [-0.39, 0.29) is 6.61 Å². The van der Waals surface area contributed by atoms with Crippen LogP contribution in [0, 0.1) is 0 Å². The van der Waals surface area contributed by atoms with E-state index in [2.05, 4.69) is 29.4 Å². The summed E-state index contributed by atoms with van der Waals surface area (Å²) in [7, 11) is 0. The average Bonchev–Trinajstić information content (AvgIpc) is 3.26. The van der Waals surface area contributed by atoms with Gasteiger partial charge in [-0.2, -0.15) is 10.2 Å². The van der Waals surface area contributed by atoms with Gasteiger partial charge >= 0.3 is 11.9 Å². The van der Waals surface area contributed by atoms with E-state index < -0.39 is 11.9 Å². The topological polar surface area (TPSA) is 108 Å². The van der Waals surface area contributed by atoms with Crippen molar-refractivity contribution in [3.63, 3.8) is 0 Å². The van der Waals surface area contributed by atoms with Gasteiger partial charge in [0, 0.05) is 11.4 Å². The maximum Gasteiger partial charge on any atom is 0.343 e. The Labute approximate surface area is 343 Å². The Morgan fingerprint density at radius 2 is 0.879 bits per heavy atom. The fourth-order valence-electron chi connectivity index (χ4n) is 6.08. The maximum atomic E-state index is 12.8. The average molecular weight is 784 g/mol. The molecule has 58 heavy (non-hydrogen) atoms. The lowest BCUT2D eigenvalue weighted by molar-refractivity contribution is 0.0472. The number of carbonyl (C=O) groups is 2. The van der Waals surface area contributed by atoms with Crippen LogP contribution in [0.2, 0.25) is 0 Å². The zero-order valence-corrected chi connectivity index (χ0v) is 34.0.